The van der Waals surface area contributed by atoms with Crippen LogP contribution in [0.2, 0.25) is 0 Å². The quantitative estimate of drug-likeness (QED) is 0.336. The summed E-state index contributed by atoms with van der Waals surface area (Å²) in [6, 6.07) is 0. The highest BCUT2D eigenvalue weighted by Crippen LogP contribution is 2.14. The molecule has 2 heterocycles. The van der Waals surface area contributed by atoms with Gasteiger partial charge in [-0.25, -0.2) is 0 Å². The predicted molar refractivity (Wildman–Crippen MR) is 109 cm³/mol. The molecule has 0 radical (unpaired) electrons. The summed E-state index contributed by atoms with van der Waals surface area (Å²) >= 11 is 0. The van der Waals surface area contributed by atoms with Gasteiger partial charge in [0.1, 0.15) is 0 Å². The van der Waals surface area contributed by atoms with Crippen LogP contribution in [0.15, 0.2) is 4.99 Å². The van der Waals surface area contributed by atoms with E-state index >= 15 is 0 Å². The lowest BCUT2D eigenvalue weighted by Gasteiger charge is -2.34. The summed E-state index contributed by atoms with van der Waals surface area (Å²) in [7, 11) is 1.73. The maximum absolute atomic E-state index is 9.59. The van der Waals surface area contributed by atoms with Crippen molar-refractivity contribution in [2.24, 2.45) is 4.99 Å². The number of piperidine rings is 2. The van der Waals surface area contributed by atoms with Crippen LogP contribution in [0.3, 0.4) is 0 Å². The van der Waals surface area contributed by atoms with E-state index < -0.39 is 0 Å². The third kappa shape index (κ3) is 8.77. The van der Waals surface area contributed by atoms with Gasteiger partial charge in [0.25, 0.3) is 0 Å². The predicted octanol–water partition coefficient (Wildman–Crippen LogP) is 1.32. The molecule has 158 valence electrons. The molecule has 0 spiro atoms. The number of methoxy groups -OCH3 is 1. The first kappa shape index (κ1) is 22.4. The molecule has 2 N–H and O–H groups in total. The van der Waals surface area contributed by atoms with Gasteiger partial charge >= 0.3 is 0 Å². The summed E-state index contributed by atoms with van der Waals surface area (Å²) in [6.07, 6.45) is 6.27. The minimum atomic E-state index is -0.0912. The van der Waals surface area contributed by atoms with Crippen LogP contribution in [0, 0.1) is 0 Å². The molecule has 27 heavy (non-hydrogen) atoms. The van der Waals surface area contributed by atoms with Crippen molar-refractivity contribution < 1.29 is 14.6 Å². The van der Waals surface area contributed by atoms with Crippen LogP contribution in [0.25, 0.3) is 0 Å². The van der Waals surface area contributed by atoms with Gasteiger partial charge in [-0.2, -0.15) is 0 Å². The molecule has 0 aliphatic carbocycles. The molecule has 2 aliphatic heterocycles. The highest BCUT2D eigenvalue weighted by Gasteiger charge is 2.22. The smallest absolute Gasteiger partial charge is 0.193 e. The van der Waals surface area contributed by atoms with E-state index in [1.54, 1.807) is 7.11 Å². The van der Waals surface area contributed by atoms with Crippen molar-refractivity contribution in [2.45, 2.75) is 57.7 Å². The molecule has 7 heteroatoms. The molecule has 0 aromatic rings. The average molecular weight is 385 g/mol. The summed E-state index contributed by atoms with van der Waals surface area (Å²) in [5, 5.41) is 13.0. The number of ether oxygens (including phenoxy) is 2. The van der Waals surface area contributed by atoms with Crippen LogP contribution >= 0.6 is 0 Å². The molecule has 2 rings (SSSR count). The van der Waals surface area contributed by atoms with Gasteiger partial charge in [-0.3, -0.25) is 4.99 Å². The number of aliphatic hydroxyl groups excluding tert-OH is 1. The molecule has 2 aliphatic rings. The summed E-state index contributed by atoms with van der Waals surface area (Å²) in [6.45, 7) is 10.6. The second-order valence-corrected chi connectivity index (χ2v) is 7.57. The molecular formula is C20H40N4O3. The fourth-order valence-electron chi connectivity index (χ4n) is 3.74. The Hall–Kier alpha value is -0.890. The van der Waals surface area contributed by atoms with Crippen molar-refractivity contribution in [1.29, 1.82) is 0 Å². The second kappa shape index (κ2) is 13.3. The number of likely N-dealkylation sites (tertiary alicyclic amines) is 2. The first-order valence-electron chi connectivity index (χ1n) is 10.8. The molecule has 2 saturated heterocycles. The number of nitrogens with zero attached hydrogens (tertiary/aromatic N) is 3. The Morgan fingerprint density at radius 3 is 2.48 bits per heavy atom. The fourth-order valence-corrected chi connectivity index (χ4v) is 3.74. The van der Waals surface area contributed by atoms with Crippen LogP contribution < -0.4 is 5.32 Å². The normalized spacial score (nSPS) is 21.0. The zero-order chi connectivity index (χ0) is 19.3. The van der Waals surface area contributed by atoms with Gasteiger partial charge in [0.2, 0.25) is 0 Å². The molecule has 0 unspecified atom stereocenters. The number of guanidine groups is 1. The minimum Gasteiger partial charge on any atom is -0.393 e. The Labute approximate surface area is 165 Å². The van der Waals surface area contributed by atoms with E-state index in [4.69, 9.17) is 14.5 Å². The lowest BCUT2D eigenvalue weighted by Crippen LogP contribution is -2.47. The lowest BCUT2D eigenvalue weighted by molar-refractivity contribution is 0.00990. The van der Waals surface area contributed by atoms with Crippen molar-refractivity contribution >= 4 is 5.96 Å². The SMILES string of the molecule is CCNC(=NCCCN1CCC(O)CC1)N1CCC(OCCCOC)CC1. The molecule has 0 aromatic heterocycles. The Kier molecular flexibility index (Phi) is 11.0. The van der Waals surface area contributed by atoms with Gasteiger partial charge in [0.15, 0.2) is 5.96 Å². The maximum atomic E-state index is 9.59. The molecule has 0 amide bonds. The fraction of sp³-hybridized carbons (Fsp3) is 0.950. The number of aliphatic imine (C=N–C) groups is 1. The topological polar surface area (TPSA) is 69.6 Å². The van der Waals surface area contributed by atoms with Gasteiger partial charge in [-0.1, -0.05) is 0 Å². The van der Waals surface area contributed by atoms with Crippen LogP contribution in [-0.2, 0) is 9.47 Å². The molecular weight excluding hydrogens is 344 g/mol. The van der Waals surface area contributed by atoms with E-state index in [0.717, 1.165) is 104 Å². The average Bonchev–Trinajstić information content (AvgIpc) is 2.69. The molecule has 0 bridgehead atoms. The van der Waals surface area contributed by atoms with Crippen molar-refractivity contribution in [2.75, 3.05) is 66.1 Å². The molecule has 0 atom stereocenters. The van der Waals surface area contributed by atoms with Gasteiger partial charge < -0.3 is 29.7 Å². The van der Waals surface area contributed by atoms with Gasteiger partial charge in [0, 0.05) is 59.6 Å². The lowest BCUT2D eigenvalue weighted by atomic mass is 10.1. The number of hydrogen-bond acceptors (Lipinski definition) is 5. The van der Waals surface area contributed by atoms with Crippen molar-refractivity contribution in [3.05, 3.63) is 0 Å². The first-order chi connectivity index (χ1) is 13.2. The monoisotopic (exact) mass is 384 g/mol. The standard InChI is InChI=1S/C20H40N4O3/c1-3-21-20(22-10-4-11-23-12-6-18(25)7-13-23)24-14-8-19(9-15-24)27-17-5-16-26-2/h18-19,25H,3-17H2,1-2H3,(H,21,22). The number of nitrogens with one attached hydrogen (secondary N) is 1. The molecule has 2 fully saturated rings. The van der Waals surface area contributed by atoms with Crippen LogP contribution in [0.5, 0.6) is 0 Å². The zero-order valence-corrected chi connectivity index (χ0v) is 17.4. The summed E-state index contributed by atoms with van der Waals surface area (Å²) < 4.78 is 11.0. The largest absolute Gasteiger partial charge is 0.393 e. The summed E-state index contributed by atoms with van der Waals surface area (Å²) in [5.41, 5.74) is 0. The van der Waals surface area contributed by atoms with Crippen LogP contribution in [0.4, 0.5) is 0 Å². The van der Waals surface area contributed by atoms with Gasteiger partial charge in [-0.15, -0.1) is 0 Å². The third-order valence-corrected chi connectivity index (χ3v) is 5.37. The Morgan fingerprint density at radius 1 is 1.07 bits per heavy atom. The van der Waals surface area contributed by atoms with E-state index in [0.29, 0.717) is 6.10 Å². The number of rotatable bonds is 10. The van der Waals surface area contributed by atoms with Gasteiger partial charge in [0.05, 0.1) is 12.2 Å². The third-order valence-electron chi connectivity index (χ3n) is 5.37. The van der Waals surface area contributed by atoms with Crippen LogP contribution in [0.1, 0.15) is 45.4 Å². The Morgan fingerprint density at radius 2 is 1.81 bits per heavy atom. The van der Waals surface area contributed by atoms with Crippen molar-refractivity contribution in [3.8, 4) is 0 Å². The van der Waals surface area contributed by atoms with Crippen LogP contribution in [-0.4, -0.2) is 99.2 Å². The Bertz CT molecular complexity index is 406. The summed E-state index contributed by atoms with van der Waals surface area (Å²) in [5.74, 6) is 1.05. The van der Waals surface area contributed by atoms with Crippen molar-refractivity contribution in [1.82, 2.24) is 15.1 Å². The van der Waals surface area contributed by atoms with Gasteiger partial charge in [-0.05, 0) is 52.0 Å². The zero-order valence-electron chi connectivity index (χ0n) is 17.4. The van der Waals surface area contributed by atoms with E-state index in [1.807, 2.05) is 0 Å². The molecule has 0 aromatic carbocycles. The first-order valence-corrected chi connectivity index (χ1v) is 10.8. The van der Waals surface area contributed by atoms with E-state index in [1.165, 1.54) is 0 Å². The maximum Gasteiger partial charge on any atom is 0.193 e. The number of aliphatic hydroxyl groups is 1. The molecule has 0 saturated carbocycles. The van der Waals surface area contributed by atoms with E-state index in [-0.39, 0.29) is 6.10 Å². The minimum absolute atomic E-state index is 0.0912. The van der Waals surface area contributed by atoms with Crippen molar-refractivity contribution in [3.63, 3.8) is 0 Å². The number of hydrogen-bond donors (Lipinski definition) is 2. The summed E-state index contributed by atoms with van der Waals surface area (Å²) in [4.78, 5) is 9.66. The molecule has 7 nitrogen and oxygen atoms in total. The van der Waals surface area contributed by atoms with E-state index in [2.05, 4.69) is 22.0 Å². The highest BCUT2D eigenvalue weighted by atomic mass is 16.5. The van der Waals surface area contributed by atoms with E-state index in [9.17, 15) is 5.11 Å². The second-order valence-electron chi connectivity index (χ2n) is 7.57. The highest BCUT2D eigenvalue weighted by molar-refractivity contribution is 5.80. The Balaban J connectivity index is 1.65.